The third kappa shape index (κ3) is 4.44. The third-order valence-corrected chi connectivity index (χ3v) is 6.21. The summed E-state index contributed by atoms with van der Waals surface area (Å²) in [6, 6.07) is 7.02. The number of rotatable bonds is 6. The second kappa shape index (κ2) is 8.49. The second-order valence-electron chi connectivity index (χ2n) is 8.35. The zero-order chi connectivity index (χ0) is 18.7. The van der Waals surface area contributed by atoms with Crippen molar-refractivity contribution in [1.29, 1.82) is 0 Å². The molecule has 2 N–H and O–H groups in total. The van der Waals surface area contributed by atoms with Crippen molar-refractivity contribution in [1.82, 2.24) is 9.80 Å². The molecule has 5 heteroatoms. The Morgan fingerprint density at radius 1 is 1.15 bits per heavy atom. The van der Waals surface area contributed by atoms with E-state index in [-0.39, 0.29) is 23.7 Å². The molecule has 2 saturated carbocycles. The van der Waals surface area contributed by atoms with E-state index in [0.717, 1.165) is 32.2 Å². The number of nitrogens with two attached hydrogens (primary N) is 1. The van der Waals surface area contributed by atoms with E-state index in [9.17, 15) is 9.18 Å². The second-order valence-corrected chi connectivity index (χ2v) is 8.35. The minimum atomic E-state index is -0.238. The van der Waals surface area contributed by atoms with Gasteiger partial charge in [0.1, 0.15) is 5.82 Å². The van der Waals surface area contributed by atoms with Gasteiger partial charge in [-0.25, -0.2) is 4.39 Å². The molecule has 2 aliphatic carbocycles. The summed E-state index contributed by atoms with van der Waals surface area (Å²) in [6.45, 7) is 1.74. The first kappa shape index (κ1) is 19.3. The number of halogens is 1. The van der Waals surface area contributed by atoms with Crippen molar-refractivity contribution in [2.24, 2.45) is 23.5 Å². The topological polar surface area (TPSA) is 49.6 Å². The van der Waals surface area contributed by atoms with Gasteiger partial charge in [-0.05, 0) is 57.7 Å². The van der Waals surface area contributed by atoms with Gasteiger partial charge in [-0.3, -0.25) is 4.79 Å². The van der Waals surface area contributed by atoms with Gasteiger partial charge in [-0.15, -0.1) is 0 Å². The summed E-state index contributed by atoms with van der Waals surface area (Å²) in [6.07, 6.45) is 5.32. The fourth-order valence-electron chi connectivity index (χ4n) is 4.67. The van der Waals surface area contributed by atoms with Crippen LogP contribution in [0.4, 0.5) is 4.39 Å². The lowest BCUT2D eigenvalue weighted by molar-refractivity contribution is -0.139. The van der Waals surface area contributed by atoms with Crippen LogP contribution in [0.15, 0.2) is 24.3 Å². The van der Waals surface area contributed by atoms with E-state index in [2.05, 4.69) is 4.90 Å². The number of carbonyl (C=O) groups is 1. The monoisotopic (exact) mass is 361 g/mol. The fraction of sp³-hybridized carbons (Fsp3) is 0.667. The van der Waals surface area contributed by atoms with Gasteiger partial charge in [0.05, 0.1) is 0 Å². The van der Waals surface area contributed by atoms with E-state index < -0.39 is 0 Å². The first-order chi connectivity index (χ1) is 12.5. The van der Waals surface area contributed by atoms with Gasteiger partial charge in [0, 0.05) is 37.2 Å². The molecule has 1 aromatic carbocycles. The summed E-state index contributed by atoms with van der Waals surface area (Å²) in [5.74, 6) is 0.928. The molecule has 0 saturated heterocycles. The Morgan fingerprint density at radius 2 is 1.81 bits per heavy atom. The van der Waals surface area contributed by atoms with Gasteiger partial charge in [0.25, 0.3) is 0 Å². The number of hydrogen-bond donors (Lipinski definition) is 1. The highest BCUT2D eigenvalue weighted by Crippen LogP contribution is 2.42. The van der Waals surface area contributed by atoms with E-state index in [0.29, 0.717) is 30.5 Å². The van der Waals surface area contributed by atoms with Gasteiger partial charge in [-0.1, -0.05) is 24.6 Å². The summed E-state index contributed by atoms with van der Waals surface area (Å²) in [5.41, 5.74) is 6.97. The van der Waals surface area contributed by atoms with Crippen molar-refractivity contribution in [3.05, 3.63) is 35.6 Å². The number of benzene rings is 1. The molecule has 0 radical (unpaired) electrons. The number of fused-ring (bicyclic) bond motifs is 2. The van der Waals surface area contributed by atoms with E-state index in [1.807, 2.05) is 25.1 Å². The van der Waals surface area contributed by atoms with Gasteiger partial charge < -0.3 is 15.5 Å². The number of nitrogens with zero attached hydrogens (tertiary/aromatic N) is 2. The molecular formula is C21H32FN3O. The van der Waals surface area contributed by atoms with Crippen LogP contribution < -0.4 is 5.73 Å². The Kier molecular flexibility index (Phi) is 6.30. The van der Waals surface area contributed by atoms with Crippen LogP contribution in [0.2, 0.25) is 0 Å². The number of hydrogen-bond acceptors (Lipinski definition) is 3. The molecule has 2 fully saturated rings. The Labute approximate surface area is 156 Å². The van der Waals surface area contributed by atoms with Crippen molar-refractivity contribution in [2.45, 2.75) is 44.7 Å². The van der Waals surface area contributed by atoms with Crippen LogP contribution in [0.25, 0.3) is 0 Å². The molecule has 26 heavy (non-hydrogen) atoms. The quantitative estimate of drug-likeness (QED) is 0.848. The van der Waals surface area contributed by atoms with Crippen LogP contribution in [0, 0.1) is 23.6 Å². The van der Waals surface area contributed by atoms with Crippen molar-refractivity contribution in [2.75, 3.05) is 27.2 Å². The van der Waals surface area contributed by atoms with Gasteiger partial charge in [-0.2, -0.15) is 0 Å². The van der Waals surface area contributed by atoms with E-state index >= 15 is 0 Å². The molecule has 0 spiro atoms. The molecule has 3 rings (SSSR count). The average Bonchev–Trinajstić information content (AvgIpc) is 2.59. The first-order valence-corrected chi connectivity index (χ1v) is 9.88. The Hall–Kier alpha value is -1.46. The van der Waals surface area contributed by atoms with Gasteiger partial charge in [0.15, 0.2) is 0 Å². The maximum Gasteiger partial charge on any atom is 0.226 e. The molecule has 0 aliphatic heterocycles. The molecule has 2 aliphatic rings. The Bertz CT molecular complexity index is 607. The van der Waals surface area contributed by atoms with Crippen LogP contribution in [-0.2, 0) is 11.3 Å². The summed E-state index contributed by atoms with van der Waals surface area (Å²) in [4.78, 5) is 17.2. The standard InChI is InChI=1S/C21H32FN3O/c1-24(2)10-11-25(14-17-6-3-4-9-19(17)22)21(26)18-12-15-7-5-8-16(13-18)20(15)23/h3-4,6,9,15-16,18,20H,5,7-8,10-14,23H2,1-2H3. The zero-order valence-electron chi connectivity index (χ0n) is 16.0. The van der Waals surface area contributed by atoms with Crippen molar-refractivity contribution in [3.63, 3.8) is 0 Å². The van der Waals surface area contributed by atoms with Crippen LogP contribution in [0.3, 0.4) is 0 Å². The van der Waals surface area contributed by atoms with E-state index in [4.69, 9.17) is 5.73 Å². The SMILES string of the molecule is CN(C)CCN(Cc1ccccc1F)C(=O)C1CC2CCCC(C1)C2N. The Morgan fingerprint density at radius 3 is 2.42 bits per heavy atom. The summed E-state index contributed by atoms with van der Waals surface area (Å²) in [5, 5.41) is 0. The van der Waals surface area contributed by atoms with Crippen LogP contribution in [0.5, 0.6) is 0 Å². The minimum Gasteiger partial charge on any atom is -0.337 e. The predicted octanol–water partition coefficient (Wildman–Crippen LogP) is 2.87. The Balaban J connectivity index is 1.73. The number of likely N-dealkylation sites (N-methyl/N-ethyl adjacent to an activating group) is 1. The lowest BCUT2D eigenvalue weighted by atomic mass is 9.65. The fourth-order valence-corrected chi connectivity index (χ4v) is 4.67. The molecule has 2 unspecified atom stereocenters. The maximum atomic E-state index is 14.1. The lowest BCUT2D eigenvalue weighted by Crippen LogP contribution is -2.50. The molecule has 0 aromatic heterocycles. The van der Waals surface area contributed by atoms with Crippen LogP contribution >= 0.6 is 0 Å². The lowest BCUT2D eigenvalue weighted by Gasteiger charge is -2.44. The predicted molar refractivity (Wildman–Crippen MR) is 102 cm³/mol. The number of amides is 1. The molecule has 1 amide bonds. The average molecular weight is 362 g/mol. The molecule has 4 nitrogen and oxygen atoms in total. The van der Waals surface area contributed by atoms with Crippen molar-refractivity contribution in [3.8, 4) is 0 Å². The summed E-state index contributed by atoms with van der Waals surface area (Å²) in [7, 11) is 3.99. The molecule has 2 bridgehead atoms. The van der Waals surface area contributed by atoms with E-state index in [1.165, 1.54) is 12.5 Å². The summed E-state index contributed by atoms with van der Waals surface area (Å²) >= 11 is 0. The third-order valence-electron chi connectivity index (χ3n) is 6.21. The van der Waals surface area contributed by atoms with Crippen molar-refractivity contribution >= 4 is 5.91 Å². The number of carbonyl (C=O) groups excluding carboxylic acids is 1. The molecular weight excluding hydrogens is 329 g/mol. The molecule has 2 atom stereocenters. The highest BCUT2D eigenvalue weighted by atomic mass is 19.1. The molecule has 144 valence electrons. The van der Waals surface area contributed by atoms with Crippen molar-refractivity contribution < 1.29 is 9.18 Å². The van der Waals surface area contributed by atoms with Gasteiger partial charge in [0.2, 0.25) is 5.91 Å². The normalized spacial score (nSPS) is 28.2. The minimum absolute atomic E-state index is 0.0408. The summed E-state index contributed by atoms with van der Waals surface area (Å²) < 4.78 is 14.1. The van der Waals surface area contributed by atoms with E-state index in [1.54, 1.807) is 12.1 Å². The molecule has 0 heterocycles. The maximum absolute atomic E-state index is 14.1. The largest absolute Gasteiger partial charge is 0.337 e. The first-order valence-electron chi connectivity index (χ1n) is 9.88. The smallest absolute Gasteiger partial charge is 0.226 e. The highest BCUT2D eigenvalue weighted by molar-refractivity contribution is 5.79. The van der Waals surface area contributed by atoms with Crippen LogP contribution in [0.1, 0.15) is 37.7 Å². The van der Waals surface area contributed by atoms with Gasteiger partial charge >= 0.3 is 0 Å². The van der Waals surface area contributed by atoms with Crippen LogP contribution in [-0.4, -0.2) is 48.9 Å². The molecule has 1 aromatic rings. The zero-order valence-corrected chi connectivity index (χ0v) is 16.0. The highest BCUT2D eigenvalue weighted by Gasteiger charge is 2.41.